The van der Waals surface area contributed by atoms with Crippen molar-refractivity contribution in [1.82, 2.24) is 5.32 Å². The standard InChI is InChI=1S/C14H17NO/c1-10-8-12(6-7-15-10)14-9-11-4-2-3-5-13(11)16-14/h2-5,9-10,12,15H,6-8H2,1H3/t10-,12+/m0/s1. The number of para-hydroxylation sites is 1. The molecule has 0 saturated carbocycles. The van der Waals surface area contributed by atoms with Gasteiger partial charge in [-0.15, -0.1) is 0 Å². The van der Waals surface area contributed by atoms with Crippen molar-refractivity contribution in [3.8, 4) is 0 Å². The first kappa shape index (κ1) is 9.91. The molecule has 84 valence electrons. The highest BCUT2D eigenvalue weighted by molar-refractivity contribution is 5.77. The van der Waals surface area contributed by atoms with Gasteiger partial charge in [0.15, 0.2) is 0 Å². The third-order valence-electron chi connectivity index (χ3n) is 3.47. The summed E-state index contributed by atoms with van der Waals surface area (Å²) in [6, 6.07) is 11.1. The Hall–Kier alpha value is -1.28. The van der Waals surface area contributed by atoms with Crippen molar-refractivity contribution >= 4 is 11.0 Å². The number of hydrogen-bond acceptors (Lipinski definition) is 2. The lowest BCUT2D eigenvalue weighted by molar-refractivity contribution is 0.344. The van der Waals surface area contributed by atoms with E-state index in [2.05, 4.69) is 30.4 Å². The summed E-state index contributed by atoms with van der Waals surface area (Å²) >= 11 is 0. The second kappa shape index (κ2) is 3.95. The molecule has 0 amide bonds. The number of furan rings is 1. The minimum absolute atomic E-state index is 0.587. The molecule has 0 unspecified atom stereocenters. The number of hydrogen-bond donors (Lipinski definition) is 1. The predicted molar refractivity (Wildman–Crippen MR) is 65.7 cm³/mol. The minimum Gasteiger partial charge on any atom is -0.461 e. The van der Waals surface area contributed by atoms with E-state index in [0.29, 0.717) is 12.0 Å². The van der Waals surface area contributed by atoms with Gasteiger partial charge in [0.2, 0.25) is 0 Å². The van der Waals surface area contributed by atoms with Gasteiger partial charge >= 0.3 is 0 Å². The molecular weight excluding hydrogens is 198 g/mol. The van der Waals surface area contributed by atoms with Gasteiger partial charge in [0.1, 0.15) is 11.3 Å². The molecule has 1 aromatic heterocycles. The molecule has 2 heteroatoms. The number of rotatable bonds is 1. The molecule has 1 aliphatic rings. The van der Waals surface area contributed by atoms with Crippen LogP contribution < -0.4 is 5.32 Å². The van der Waals surface area contributed by atoms with E-state index in [4.69, 9.17) is 4.42 Å². The van der Waals surface area contributed by atoms with Gasteiger partial charge in [-0.05, 0) is 38.4 Å². The molecule has 1 aromatic carbocycles. The topological polar surface area (TPSA) is 25.2 Å². The minimum atomic E-state index is 0.587. The molecule has 2 heterocycles. The van der Waals surface area contributed by atoms with Crippen LogP contribution in [0, 0.1) is 0 Å². The molecule has 0 radical (unpaired) electrons. The molecule has 2 aromatic rings. The maximum Gasteiger partial charge on any atom is 0.134 e. The van der Waals surface area contributed by atoms with Crippen LogP contribution in [0.3, 0.4) is 0 Å². The second-order valence-corrected chi connectivity index (χ2v) is 4.76. The lowest BCUT2D eigenvalue weighted by atomic mass is 9.91. The van der Waals surface area contributed by atoms with Crippen molar-refractivity contribution in [2.45, 2.75) is 31.7 Å². The van der Waals surface area contributed by atoms with Crippen molar-refractivity contribution in [3.63, 3.8) is 0 Å². The first-order chi connectivity index (χ1) is 7.83. The third-order valence-corrected chi connectivity index (χ3v) is 3.47. The van der Waals surface area contributed by atoms with Gasteiger partial charge in [0.05, 0.1) is 0 Å². The molecule has 16 heavy (non-hydrogen) atoms. The van der Waals surface area contributed by atoms with Gasteiger partial charge in [-0.25, -0.2) is 0 Å². The fourth-order valence-electron chi connectivity index (χ4n) is 2.59. The SMILES string of the molecule is C[C@H]1C[C@H](c2cc3ccccc3o2)CCN1. The van der Waals surface area contributed by atoms with Crippen molar-refractivity contribution in [1.29, 1.82) is 0 Å². The lowest BCUT2D eigenvalue weighted by Gasteiger charge is -2.26. The second-order valence-electron chi connectivity index (χ2n) is 4.76. The van der Waals surface area contributed by atoms with Gasteiger partial charge in [-0.1, -0.05) is 18.2 Å². The van der Waals surface area contributed by atoms with E-state index in [0.717, 1.165) is 17.9 Å². The molecule has 2 nitrogen and oxygen atoms in total. The summed E-state index contributed by atoms with van der Waals surface area (Å²) < 4.78 is 5.93. The fraction of sp³-hybridized carbons (Fsp3) is 0.429. The average Bonchev–Trinajstić information content (AvgIpc) is 2.72. The summed E-state index contributed by atoms with van der Waals surface area (Å²) in [5.74, 6) is 1.75. The summed E-state index contributed by atoms with van der Waals surface area (Å²) in [5, 5.41) is 4.70. The highest BCUT2D eigenvalue weighted by Gasteiger charge is 2.22. The van der Waals surface area contributed by atoms with Crippen molar-refractivity contribution in [2.75, 3.05) is 6.54 Å². The van der Waals surface area contributed by atoms with Gasteiger partial charge in [0.25, 0.3) is 0 Å². The van der Waals surface area contributed by atoms with Gasteiger partial charge < -0.3 is 9.73 Å². The molecule has 3 rings (SSSR count). The largest absolute Gasteiger partial charge is 0.461 e. The number of fused-ring (bicyclic) bond motifs is 1. The molecule has 1 fully saturated rings. The fourth-order valence-corrected chi connectivity index (χ4v) is 2.59. The third kappa shape index (κ3) is 1.74. The van der Waals surface area contributed by atoms with Crippen molar-refractivity contribution in [3.05, 3.63) is 36.1 Å². The van der Waals surface area contributed by atoms with Crippen LogP contribution in [0.15, 0.2) is 34.7 Å². The smallest absolute Gasteiger partial charge is 0.134 e. The maximum absolute atomic E-state index is 5.93. The first-order valence-corrected chi connectivity index (χ1v) is 6.05. The summed E-state index contributed by atoms with van der Waals surface area (Å²) in [6.07, 6.45) is 2.37. The van der Waals surface area contributed by atoms with Crippen LogP contribution in [0.2, 0.25) is 0 Å². The van der Waals surface area contributed by atoms with Gasteiger partial charge in [-0.3, -0.25) is 0 Å². The van der Waals surface area contributed by atoms with Crippen LogP contribution >= 0.6 is 0 Å². The number of benzene rings is 1. The zero-order valence-electron chi connectivity index (χ0n) is 9.57. The Morgan fingerprint density at radius 1 is 1.31 bits per heavy atom. The van der Waals surface area contributed by atoms with Crippen molar-refractivity contribution in [2.24, 2.45) is 0 Å². The highest BCUT2D eigenvalue weighted by atomic mass is 16.3. The maximum atomic E-state index is 5.93. The molecule has 0 aliphatic carbocycles. The molecule has 1 N–H and O–H groups in total. The van der Waals surface area contributed by atoms with Crippen LogP contribution in [0.25, 0.3) is 11.0 Å². The molecule has 0 bridgehead atoms. The van der Waals surface area contributed by atoms with E-state index in [9.17, 15) is 0 Å². The van der Waals surface area contributed by atoms with Gasteiger partial charge in [0, 0.05) is 17.3 Å². The Morgan fingerprint density at radius 2 is 2.19 bits per heavy atom. The zero-order valence-corrected chi connectivity index (χ0v) is 9.57. The normalized spacial score (nSPS) is 26.1. The molecule has 2 atom stereocenters. The van der Waals surface area contributed by atoms with E-state index < -0.39 is 0 Å². The molecular formula is C14H17NO. The van der Waals surface area contributed by atoms with E-state index in [-0.39, 0.29) is 0 Å². The number of piperidine rings is 1. The van der Waals surface area contributed by atoms with Crippen LogP contribution in [-0.4, -0.2) is 12.6 Å². The predicted octanol–water partition coefficient (Wildman–Crippen LogP) is 3.29. The Labute approximate surface area is 95.6 Å². The summed E-state index contributed by atoms with van der Waals surface area (Å²) in [6.45, 7) is 3.34. The van der Waals surface area contributed by atoms with E-state index in [1.165, 1.54) is 18.2 Å². The molecule has 0 spiro atoms. The Balaban J connectivity index is 1.93. The average molecular weight is 215 g/mol. The number of nitrogens with one attached hydrogen (secondary N) is 1. The lowest BCUT2D eigenvalue weighted by Crippen LogP contribution is -2.34. The van der Waals surface area contributed by atoms with E-state index in [1.807, 2.05) is 12.1 Å². The Morgan fingerprint density at radius 3 is 3.00 bits per heavy atom. The summed E-state index contributed by atoms with van der Waals surface area (Å²) in [7, 11) is 0. The van der Waals surface area contributed by atoms with Crippen LogP contribution in [0.5, 0.6) is 0 Å². The van der Waals surface area contributed by atoms with Gasteiger partial charge in [-0.2, -0.15) is 0 Å². The van der Waals surface area contributed by atoms with Crippen LogP contribution in [0.1, 0.15) is 31.4 Å². The summed E-state index contributed by atoms with van der Waals surface area (Å²) in [5.41, 5.74) is 1.02. The molecule has 1 aliphatic heterocycles. The van der Waals surface area contributed by atoms with E-state index in [1.54, 1.807) is 0 Å². The quantitative estimate of drug-likeness (QED) is 0.789. The van der Waals surface area contributed by atoms with E-state index >= 15 is 0 Å². The van der Waals surface area contributed by atoms with Crippen LogP contribution in [-0.2, 0) is 0 Å². The Kier molecular flexibility index (Phi) is 2.44. The monoisotopic (exact) mass is 215 g/mol. The zero-order chi connectivity index (χ0) is 11.0. The highest BCUT2D eigenvalue weighted by Crippen LogP contribution is 2.31. The Bertz CT molecular complexity index is 455. The first-order valence-electron chi connectivity index (χ1n) is 6.05. The molecule has 1 saturated heterocycles. The van der Waals surface area contributed by atoms with Crippen molar-refractivity contribution < 1.29 is 4.42 Å². The van der Waals surface area contributed by atoms with Crippen LogP contribution in [0.4, 0.5) is 0 Å². The summed E-state index contributed by atoms with van der Waals surface area (Å²) in [4.78, 5) is 0.